The van der Waals surface area contributed by atoms with E-state index in [1.807, 2.05) is 36.5 Å². The number of hydrogen-bond donors (Lipinski definition) is 1. The molecule has 0 radical (unpaired) electrons. The SMILES string of the molecule is COc1ccc(Cc2ccccn2)cc1CN. The summed E-state index contributed by atoms with van der Waals surface area (Å²) in [6.07, 6.45) is 2.63. The average molecular weight is 228 g/mol. The number of aromatic nitrogens is 1. The number of rotatable bonds is 4. The first kappa shape index (κ1) is 11.6. The third kappa shape index (κ3) is 2.82. The predicted molar refractivity (Wildman–Crippen MR) is 67.9 cm³/mol. The smallest absolute Gasteiger partial charge is 0.123 e. The fourth-order valence-corrected chi connectivity index (χ4v) is 1.81. The van der Waals surface area contributed by atoms with Crippen LogP contribution in [0.4, 0.5) is 0 Å². The average Bonchev–Trinajstić information content (AvgIpc) is 2.40. The zero-order valence-electron chi connectivity index (χ0n) is 9.89. The summed E-state index contributed by atoms with van der Waals surface area (Å²) in [4.78, 5) is 4.31. The molecular weight excluding hydrogens is 212 g/mol. The van der Waals surface area contributed by atoms with Gasteiger partial charge in [0.05, 0.1) is 7.11 Å². The Labute approximate surface area is 101 Å². The van der Waals surface area contributed by atoms with Crippen LogP contribution in [0, 0.1) is 0 Å². The molecule has 0 amide bonds. The maximum Gasteiger partial charge on any atom is 0.123 e. The van der Waals surface area contributed by atoms with E-state index >= 15 is 0 Å². The van der Waals surface area contributed by atoms with E-state index in [9.17, 15) is 0 Å². The molecule has 0 spiro atoms. The molecular formula is C14H16N2O. The predicted octanol–water partition coefficient (Wildman–Crippen LogP) is 2.14. The van der Waals surface area contributed by atoms with E-state index < -0.39 is 0 Å². The molecule has 3 nitrogen and oxygen atoms in total. The fourth-order valence-electron chi connectivity index (χ4n) is 1.81. The molecule has 0 aliphatic rings. The lowest BCUT2D eigenvalue weighted by molar-refractivity contribution is 0.409. The Morgan fingerprint density at radius 3 is 2.76 bits per heavy atom. The van der Waals surface area contributed by atoms with Crippen LogP contribution in [0.25, 0.3) is 0 Å². The first-order valence-corrected chi connectivity index (χ1v) is 5.59. The lowest BCUT2D eigenvalue weighted by Gasteiger charge is -2.09. The standard InChI is InChI=1S/C14H16N2O/c1-17-14-6-5-11(8-12(14)10-15)9-13-4-2-3-7-16-13/h2-8H,9-10,15H2,1H3. The van der Waals surface area contributed by atoms with Crippen LogP contribution in [0.3, 0.4) is 0 Å². The molecule has 0 aliphatic heterocycles. The fraction of sp³-hybridized carbons (Fsp3) is 0.214. The Morgan fingerprint density at radius 2 is 2.12 bits per heavy atom. The van der Waals surface area contributed by atoms with Crippen molar-refractivity contribution in [2.45, 2.75) is 13.0 Å². The minimum absolute atomic E-state index is 0.485. The summed E-state index contributed by atoms with van der Waals surface area (Å²) in [5.74, 6) is 0.845. The molecule has 2 rings (SSSR count). The summed E-state index contributed by atoms with van der Waals surface area (Å²) in [6.45, 7) is 0.485. The van der Waals surface area contributed by atoms with Gasteiger partial charge in [0, 0.05) is 30.4 Å². The largest absolute Gasteiger partial charge is 0.496 e. The van der Waals surface area contributed by atoms with Crippen LogP contribution in [0.5, 0.6) is 5.75 Å². The van der Waals surface area contributed by atoms with Gasteiger partial charge in [-0.3, -0.25) is 4.98 Å². The zero-order valence-corrected chi connectivity index (χ0v) is 9.89. The van der Waals surface area contributed by atoms with E-state index in [0.29, 0.717) is 6.54 Å². The maximum absolute atomic E-state index is 5.69. The van der Waals surface area contributed by atoms with Gasteiger partial charge in [-0.25, -0.2) is 0 Å². The van der Waals surface area contributed by atoms with Gasteiger partial charge in [-0.15, -0.1) is 0 Å². The number of nitrogens with two attached hydrogens (primary N) is 1. The zero-order chi connectivity index (χ0) is 12.1. The van der Waals surface area contributed by atoms with Gasteiger partial charge in [-0.2, -0.15) is 0 Å². The summed E-state index contributed by atoms with van der Waals surface area (Å²) in [6, 6.07) is 12.0. The first-order valence-electron chi connectivity index (χ1n) is 5.59. The lowest BCUT2D eigenvalue weighted by atomic mass is 10.1. The Balaban J connectivity index is 2.22. The van der Waals surface area contributed by atoms with Crippen LogP contribution < -0.4 is 10.5 Å². The van der Waals surface area contributed by atoms with E-state index in [-0.39, 0.29) is 0 Å². The van der Waals surface area contributed by atoms with E-state index in [1.54, 1.807) is 7.11 Å². The lowest BCUT2D eigenvalue weighted by Crippen LogP contribution is -2.01. The van der Waals surface area contributed by atoms with Crippen LogP contribution >= 0.6 is 0 Å². The molecule has 0 bridgehead atoms. The molecule has 2 N–H and O–H groups in total. The monoisotopic (exact) mass is 228 g/mol. The molecule has 1 aromatic heterocycles. The molecule has 0 unspecified atom stereocenters. The summed E-state index contributed by atoms with van der Waals surface area (Å²) in [7, 11) is 1.66. The van der Waals surface area contributed by atoms with E-state index in [4.69, 9.17) is 10.5 Å². The van der Waals surface area contributed by atoms with E-state index in [2.05, 4.69) is 11.1 Å². The van der Waals surface area contributed by atoms with Crippen molar-refractivity contribution in [1.82, 2.24) is 4.98 Å². The normalized spacial score (nSPS) is 10.2. The van der Waals surface area contributed by atoms with Crippen LogP contribution in [-0.2, 0) is 13.0 Å². The summed E-state index contributed by atoms with van der Waals surface area (Å²) < 4.78 is 5.25. The topological polar surface area (TPSA) is 48.1 Å². The van der Waals surface area contributed by atoms with Gasteiger partial charge in [0.25, 0.3) is 0 Å². The highest BCUT2D eigenvalue weighted by Gasteiger charge is 2.03. The quantitative estimate of drug-likeness (QED) is 0.872. The molecule has 0 saturated carbocycles. The van der Waals surface area contributed by atoms with Gasteiger partial charge in [-0.05, 0) is 23.8 Å². The van der Waals surface area contributed by atoms with Gasteiger partial charge in [-0.1, -0.05) is 18.2 Å². The van der Waals surface area contributed by atoms with Gasteiger partial charge >= 0.3 is 0 Å². The van der Waals surface area contributed by atoms with Gasteiger partial charge in [0.1, 0.15) is 5.75 Å². The Morgan fingerprint density at radius 1 is 1.24 bits per heavy atom. The molecule has 0 saturated heterocycles. The van der Waals surface area contributed by atoms with Gasteiger partial charge in [0.2, 0.25) is 0 Å². The van der Waals surface area contributed by atoms with Crippen LogP contribution in [0.1, 0.15) is 16.8 Å². The summed E-state index contributed by atoms with van der Waals surface area (Å²) in [5, 5.41) is 0. The number of methoxy groups -OCH3 is 1. The van der Waals surface area contributed by atoms with Crippen molar-refractivity contribution in [1.29, 1.82) is 0 Å². The Bertz CT molecular complexity index is 483. The van der Waals surface area contributed by atoms with Crippen LogP contribution in [-0.4, -0.2) is 12.1 Å². The van der Waals surface area contributed by atoms with Crippen molar-refractivity contribution in [3.63, 3.8) is 0 Å². The molecule has 0 aliphatic carbocycles. The maximum atomic E-state index is 5.69. The van der Waals surface area contributed by atoms with Crippen molar-refractivity contribution in [2.24, 2.45) is 5.73 Å². The van der Waals surface area contributed by atoms with Crippen molar-refractivity contribution < 1.29 is 4.74 Å². The number of benzene rings is 1. The minimum Gasteiger partial charge on any atom is -0.496 e. The van der Waals surface area contributed by atoms with Crippen molar-refractivity contribution in [3.8, 4) is 5.75 Å². The highest BCUT2D eigenvalue weighted by Crippen LogP contribution is 2.20. The summed E-state index contributed by atoms with van der Waals surface area (Å²) >= 11 is 0. The second kappa shape index (κ2) is 5.46. The van der Waals surface area contributed by atoms with Crippen molar-refractivity contribution in [3.05, 3.63) is 59.4 Å². The third-order valence-corrected chi connectivity index (χ3v) is 2.68. The van der Waals surface area contributed by atoms with Gasteiger partial charge in [0.15, 0.2) is 0 Å². The van der Waals surface area contributed by atoms with Crippen LogP contribution in [0.15, 0.2) is 42.6 Å². The molecule has 0 fully saturated rings. The molecule has 2 aromatic rings. The number of nitrogens with zero attached hydrogens (tertiary/aromatic N) is 1. The van der Waals surface area contributed by atoms with Gasteiger partial charge < -0.3 is 10.5 Å². The highest BCUT2D eigenvalue weighted by atomic mass is 16.5. The highest BCUT2D eigenvalue weighted by molar-refractivity contribution is 5.38. The second-order valence-corrected chi connectivity index (χ2v) is 3.85. The Kier molecular flexibility index (Phi) is 3.73. The van der Waals surface area contributed by atoms with Crippen LogP contribution in [0.2, 0.25) is 0 Å². The first-order chi connectivity index (χ1) is 8.33. The minimum atomic E-state index is 0.485. The molecule has 17 heavy (non-hydrogen) atoms. The number of hydrogen-bond acceptors (Lipinski definition) is 3. The summed E-state index contributed by atoms with van der Waals surface area (Å²) in [5.41, 5.74) is 8.98. The third-order valence-electron chi connectivity index (χ3n) is 2.68. The van der Waals surface area contributed by atoms with E-state index in [1.165, 1.54) is 5.56 Å². The molecule has 0 atom stereocenters. The van der Waals surface area contributed by atoms with Crippen molar-refractivity contribution >= 4 is 0 Å². The number of ether oxygens (including phenoxy) is 1. The Hall–Kier alpha value is -1.87. The van der Waals surface area contributed by atoms with E-state index in [0.717, 1.165) is 23.4 Å². The molecule has 1 heterocycles. The second-order valence-electron chi connectivity index (χ2n) is 3.85. The number of pyridine rings is 1. The van der Waals surface area contributed by atoms with Crippen molar-refractivity contribution in [2.75, 3.05) is 7.11 Å². The molecule has 3 heteroatoms. The molecule has 88 valence electrons. The molecule has 1 aromatic carbocycles.